The summed E-state index contributed by atoms with van der Waals surface area (Å²) in [7, 11) is 0. The molecule has 2 aromatic carbocycles. The number of ether oxygens (including phenoxy) is 2. The van der Waals surface area contributed by atoms with Crippen molar-refractivity contribution in [2.75, 3.05) is 23.0 Å². The number of nitrogens with zero attached hydrogens (tertiary/aromatic N) is 1. The molecular weight excluding hydrogens is 430 g/mol. The number of carbonyl (C=O) groups is 2. The van der Waals surface area contributed by atoms with Crippen molar-refractivity contribution in [1.29, 1.82) is 0 Å². The number of thioether (sulfide) groups is 1. The number of hydrogen-bond donors (Lipinski definition) is 2. The van der Waals surface area contributed by atoms with Crippen molar-refractivity contribution in [2.24, 2.45) is 0 Å². The molecule has 1 unspecified atom stereocenters. The number of para-hydroxylation sites is 2. The molecule has 0 aliphatic rings. The second-order valence-corrected chi connectivity index (χ2v) is 8.15. The molecule has 168 valence electrons. The van der Waals surface area contributed by atoms with Crippen LogP contribution in [-0.2, 0) is 9.59 Å². The van der Waals surface area contributed by atoms with E-state index in [4.69, 9.17) is 14.0 Å². The Bertz CT molecular complexity index is 1050. The number of nitrogens with one attached hydrogen (secondary N) is 2. The molecule has 0 radical (unpaired) electrons. The summed E-state index contributed by atoms with van der Waals surface area (Å²) in [5.74, 6) is 2.46. The monoisotopic (exact) mass is 455 g/mol. The van der Waals surface area contributed by atoms with Gasteiger partial charge in [-0.15, -0.1) is 11.8 Å². The highest BCUT2D eigenvalue weighted by Gasteiger charge is 2.17. The first-order valence-corrected chi connectivity index (χ1v) is 11.1. The maximum Gasteiger partial charge on any atom is 0.238 e. The lowest BCUT2D eigenvalue weighted by molar-refractivity contribution is -0.115. The van der Waals surface area contributed by atoms with E-state index in [0.717, 1.165) is 5.75 Å². The van der Waals surface area contributed by atoms with Crippen LogP contribution >= 0.6 is 11.8 Å². The van der Waals surface area contributed by atoms with Crippen LogP contribution in [0.2, 0.25) is 0 Å². The molecule has 2 amide bonds. The van der Waals surface area contributed by atoms with Gasteiger partial charge in [0.2, 0.25) is 11.8 Å². The highest BCUT2D eigenvalue weighted by molar-refractivity contribution is 8.01. The summed E-state index contributed by atoms with van der Waals surface area (Å²) in [6, 6.07) is 16.0. The number of aromatic nitrogens is 1. The number of hydrogen-bond acceptors (Lipinski definition) is 7. The van der Waals surface area contributed by atoms with Gasteiger partial charge >= 0.3 is 0 Å². The average molecular weight is 456 g/mol. The molecular formula is C23H25N3O5S. The zero-order valence-corrected chi connectivity index (χ0v) is 18.9. The first kappa shape index (κ1) is 23.2. The molecule has 0 saturated heterocycles. The molecule has 0 aliphatic heterocycles. The third-order valence-corrected chi connectivity index (χ3v) is 5.38. The molecule has 1 atom stereocenters. The molecule has 0 spiro atoms. The standard InChI is InChI=1S/C23H25N3O5S/c1-4-29-17-9-11-18(12-10-17)30-20-8-6-5-7-19(20)24-22(27)14-32-16(3)23(28)25-21-13-15(2)31-26-21/h5-13,16H,4,14H2,1-3H3,(H,24,27)(H,25,26,28). The Morgan fingerprint density at radius 2 is 1.81 bits per heavy atom. The lowest BCUT2D eigenvalue weighted by atomic mass is 10.2. The highest BCUT2D eigenvalue weighted by Crippen LogP contribution is 2.30. The van der Waals surface area contributed by atoms with Crippen LogP contribution in [0, 0.1) is 6.92 Å². The summed E-state index contributed by atoms with van der Waals surface area (Å²) in [5.41, 5.74) is 0.544. The van der Waals surface area contributed by atoms with Crippen molar-refractivity contribution in [1.82, 2.24) is 5.16 Å². The van der Waals surface area contributed by atoms with E-state index < -0.39 is 5.25 Å². The number of benzene rings is 2. The molecule has 0 aliphatic carbocycles. The Labute approximate surface area is 190 Å². The quantitative estimate of drug-likeness (QED) is 0.449. The fourth-order valence-corrected chi connectivity index (χ4v) is 3.36. The maximum atomic E-state index is 12.5. The van der Waals surface area contributed by atoms with Crippen LogP contribution in [0.15, 0.2) is 59.1 Å². The van der Waals surface area contributed by atoms with Gasteiger partial charge in [0.1, 0.15) is 17.3 Å². The van der Waals surface area contributed by atoms with Gasteiger partial charge in [0.15, 0.2) is 11.6 Å². The van der Waals surface area contributed by atoms with Crippen LogP contribution in [0.4, 0.5) is 11.5 Å². The van der Waals surface area contributed by atoms with E-state index in [2.05, 4.69) is 15.8 Å². The van der Waals surface area contributed by atoms with Crippen molar-refractivity contribution in [3.05, 3.63) is 60.4 Å². The van der Waals surface area contributed by atoms with Crippen molar-refractivity contribution in [2.45, 2.75) is 26.0 Å². The SMILES string of the molecule is CCOc1ccc(Oc2ccccc2NC(=O)CSC(C)C(=O)Nc2cc(C)on2)cc1. The Morgan fingerprint density at radius 3 is 2.50 bits per heavy atom. The van der Waals surface area contributed by atoms with E-state index in [-0.39, 0.29) is 17.6 Å². The molecule has 9 heteroatoms. The zero-order valence-electron chi connectivity index (χ0n) is 18.1. The average Bonchev–Trinajstić information content (AvgIpc) is 3.19. The fraction of sp³-hybridized carbons (Fsp3) is 0.261. The Balaban J connectivity index is 1.53. The summed E-state index contributed by atoms with van der Waals surface area (Å²) >= 11 is 1.22. The predicted molar refractivity (Wildman–Crippen MR) is 125 cm³/mol. The number of carbonyl (C=O) groups excluding carboxylic acids is 2. The second-order valence-electron chi connectivity index (χ2n) is 6.82. The number of aryl methyl sites for hydroxylation is 1. The lowest BCUT2D eigenvalue weighted by Crippen LogP contribution is -2.25. The minimum atomic E-state index is -0.451. The number of anilines is 2. The molecule has 8 nitrogen and oxygen atoms in total. The topological polar surface area (TPSA) is 103 Å². The first-order chi connectivity index (χ1) is 15.4. The summed E-state index contributed by atoms with van der Waals surface area (Å²) < 4.78 is 16.3. The predicted octanol–water partition coefficient (Wildman–Crippen LogP) is 4.87. The molecule has 3 rings (SSSR count). The van der Waals surface area contributed by atoms with Gasteiger partial charge in [0.05, 0.1) is 23.3 Å². The number of amides is 2. The van der Waals surface area contributed by atoms with Gasteiger partial charge in [-0.2, -0.15) is 0 Å². The highest BCUT2D eigenvalue weighted by atomic mass is 32.2. The van der Waals surface area contributed by atoms with E-state index in [9.17, 15) is 9.59 Å². The minimum absolute atomic E-state index is 0.101. The minimum Gasteiger partial charge on any atom is -0.494 e. The van der Waals surface area contributed by atoms with Gasteiger partial charge in [-0.25, -0.2) is 0 Å². The van der Waals surface area contributed by atoms with Crippen LogP contribution in [0.1, 0.15) is 19.6 Å². The van der Waals surface area contributed by atoms with E-state index in [1.807, 2.05) is 31.2 Å². The number of rotatable bonds is 10. The van der Waals surface area contributed by atoms with Crippen LogP contribution in [0.5, 0.6) is 17.2 Å². The normalized spacial score (nSPS) is 11.5. The fourth-order valence-electron chi connectivity index (χ4n) is 2.67. The Morgan fingerprint density at radius 1 is 1.09 bits per heavy atom. The van der Waals surface area contributed by atoms with E-state index in [0.29, 0.717) is 35.4 Å². The van der Waals surface area contributed by atoms with Crippen molar-refractivity contribution in [3.8, 4) is 17.2 Å². The largest absolute Gasteiger partial charge is 0.494 e. The van der Waals surface area contributed by atoms with Crippen molar-refractivity contribution < 1.29 is 23.6 Å². The molecule has 1 heterocycles. The van der Waals surface area contributed by atoms with Crippen LogP contribution in [0.3, 0.4) is 0 Å². The van der Waals surface area contributed by atoms with Gasteiger partial charge in [-0.3, -0.25) is 9.59 Å². The van der Waals surface area contributed by atoms with Gasteiger partial charge in [0.25, 0.3) is 0 Å². The first-order valence-electron chi connectivity index (χ1n) is 10.1. The molecule has 32 heavy (non-hydrogen) atoms. The molecule has 0 bridgehead atoms. The van der Waals surface area contributed by atoms with E-state index >= 15 is 0 Å². The van der Waals surface area contributed by atoms with Gasteiger partial charge in [-0.1, -0.05) is 17.3 Å². The smallest absolute Gasteiger partial charge is 0.238 e. The van der Waals surface area contributed by atoms with Gasteiger partial charge < -0.3 is 24.6 Å². The third-order valence-electron chi connectivity index (χ3n) is 4.24. The Kier molecular flexibility index (Phi) is 8.15. The third kappa shape index (κ3) is 6.78. The van der Waals surface area contributed by atoms with Gasteiger partial charge in [-0.05, 0) is 57.2 Å². The van der Waals surface area contributed by atoms with Crippen molar-refractivity contribution in [3.63, 3.8) is 0 Å². The van der Waals surface area contributed by atoms with Gasteiger partial charge in [0, 0.05) is 6.07 Å². The summed E-state index contributed by atoms with van der Waals surface area (Å²) in [6.45, 7) is 5.98. The molecule has 2 N–H and O–H groups in total. The molecule has 3 aromatic rings. The van der Waals surface area contributed by atoms with Crippen LogP contribution in [0.25, 0.3) is 0 Å². The molecule has 0 fully saturated rings. The zero-order chi connectivity index (χ0) is 22.9. The molecule has 0 saturated carbocycles. The lowest BCUT2D eigenvalue weighted by Gasteiger charge is -2.14. The maximum absolute atomic E-state index is 12.5. The Hall–Kier alpha value is -3.46. The van der Waals surface area contributed by atoms with Crippen molar-refractivity contribution >= 4 is 35.1 Å². The second kappa shape index (κ2) is 11.2. The summed E-state index contributed by atoms with van der Waals surface area (Å²) in [6.07, 6.45) is 0. The molecule has 1 aromatic heterocycles. The summed E-state index contributed by atoms with van der Waals surface area (Å²) in [5, 5.41) is 8.78. The van der Waals surface area contributed by atoms with E-state index in [1.54, 1.807) is 44.2 Å². The van der Waals surface area contributed by atoms with Crippen LogP contribution < -0.4 is 20.1 Å². The van der Waals surface area contributed by atoms with E-state index in [1.165, 1.54) is 11.8 Å². The summed E-state index contributed by atoms with van der Waals surface area (Å²) in [4.78, 5) is 24.7. The van der Waals surface area contributed by atoms with Crippen LogP contribution in [-0.4, -0.2) is 34.6 Å².